The highest BCUT2D eigenvalue weighted by atomic mass is 16.2. The third-order valence-electron chi connectivity index (χ3n) is 3.51. The van der Waals surface area contributed by atoms with Crippen LogP contribution < -0.4 is 4.90 Å². The third-order valence-corrected chi connectivity index (χ3v) is 3.51. The Morgan fingerprint density at radius 2 is 2.00 bits per heavy atom. The molecule has 1 aliphatic heterocycles. The average molecular weight is 283 g/mol. The van der Waals surface area contributed by atoms with Gasteiger partial charge in [0.15, 0.2) is 5.82 Å². The first-order valence-corrected chi connectivity index (χ1v) is 6.96. The minimum atomic E-state index is 0.138. The molecule has 1 aliphatic rings. The Hall–Kier alpha value is -2.50. The topological polar surface area (TPSA) is 62.2 Å². The lowest BCUT2D eigenvalue weighted by molar-refractivity contribution is -0.126. The highest BCUT2D eigenvalue weighted by Gasteiger charge is 2.27. The Kier molecular flexibility index (Phi) is 3.51. The van der Waals surface area contributed by atoms with E-state index >= 15 is 0 Å². The molecule has 0 aliphatic carbocycles. The van der Waals surface area contributed by atoms with Gasteiger partial charge in [-0.15, -0.1) is 0 Å². The number of aromatic nitrogens is 3. The number of carbonyl (C=O) groups is 1. The van der Waals surface area contributed by atoms with Crippen molar-refractivity contribution in [1.29, 1.82) is 0 Å². The molecular formula is C15H17N5O. The van der Waals surface area contributed by atoms with Gasteiger partial charge >= 0.3 is 0 Å². The molecule has 0 spiro atoms. The standard InChI is InChI=1S/C15H17N5O/c1-3-19-10-20(9-14(19)21)13-8-11(2)17-15(18-13)12-4-6-16-7-5-12/h4-8H,3,9-10H2,1-2H3. The van der Waals surface area contributed by atoms with Crippen LogP contribution in [-0.4, -0.2) is 45.5 Å². The van der Waals surface area contributed by atoms with Crippen molar-refractivity contribution in [1.82, 2.24) is 19.9 Å². The molecule has 0 aromatic carbocycles. The van der Waals surface area contributed by atoms with Crippen molar-refractivity contribution in [2.24, 2.45) is 0 Å². The van der Waals surface area contributed by atoms with Gasteiger partial charge in [0.25, 0.3) is 0 Å². The lowest BCUT2D eigenvalue weighted by Crippen LogP contribution is -2.27. The van der Waals surface area contributed by atoms with E-state index in [1.165, 1.54) is 0 Å². The molecule has 3 rings (SSSR count). The van der Waals surface area contributed by atoms with Crippen LogP contribution in [0.4, 0.5) is 5.82 Å². The van der Waals surface area contributed by atoms with E-state index in [0.717, 1.165) is 23.6 Å². The summed E-state index contributed by atoms with van der Waals surface area (Å²) in [7, 11) is 0. The molecule has 2 aromatic heterocycles. The number of aryl methyl sites for hydroxylation is 1. The molecule has 0 radical (unpaired) electrons. The smallest absolute Gasteiger partial charge is 0.243 e. The summed E-state index contributed by atoms with van der Waals surface area (Å²) >= 11 is 0. The van der Waals surface area contributed by atoms with Crippen molar-refractivity contribution in [3.05, 3.63) is 36.3 Å². The van der Waals surface area contributed by atoms with Crippen LogP contribution in [0.5, 0.6) is 0 Å². The number of hydrogen-bond donors (Lipinski definition) is 0. The molecule has 0 saturated carbocycles. The Morgan fingerprint density at radius 3 is 2.67 bits per heavy atom. The maximum absolute atomic E-state index is 11.9. The molecule has 1 fully saturated rings. The van der Waals surface area contributed by atoms with Gasteiger partial charge in [-0.05, 0) is 26.0 Å². The van der Waals surface area contributed by atoms with Gasteiger partial charge in [-0.1, -0.05) is 0 Å². The van der Waals surface area contributed by atoms with Crippen LogP contribution in [0.2, 0.25) is 0 Å². The largest absolute Gasteiger partial charge is 0.329 e. The molecular weight excluding hydrogens is 266 g/mol. The average Bonchev–Trinajstić information content (AvgIpc) is 2.89. The lowest BCUT2D eigenvalue weighted by Gasteiger charge is -2.18. The Morgan fingerprint density at radius 1 is 1.24 bits per heavy atom. The second-order valence-corrected chi connectivity index (χ2v) is 5.02. The number of anilines is 1. The van der Waals surface area contributed by atoms with E-state index in [9.17, 15) is 4.79 Å². The Labute approximate surface area is 123 Å². The van der Waals surface area contributed by atoms with E-state index in [4.69, 9.17) is 0 Å². The molecule has 0 unspecified atom stereocenters. The first-order valence-electron chi connectivity index (χ1n) is 6.96. The van der Waals surface area contributed by atoms with E-state index in [2.05, 4.69) is 15.0 Å². The first kappa shape index (κ1) is 13.5. The fourth-order valence-electron chi connectivity index (χ4n) is 2.37. The number of likely N-dealkylation sites (N-methyl/N-ethyl adjacent to an activating group) is 1. The number of amides is 1. The van der Waals surface area contributed by atoms with Crippen LogP contribution in [0.1, 0.15) is 12.6 Å². The monoisotopic (exact) mass is 283 g/mol. The molecule has 21 heavy (non-hydrogen) atoms. The van der Waals surface area contributed by atoms with Crippen molar-refractivity contribution in [3.8, 4) is 11.4 Å². The van der Waals surface area contributed by atoms with Crippen molar-refractivity contribution < 1.29 is 4.79 Å². The van der Waals surface area contributed by atoms with Crippen molar-refractivity contribution in [3.63, 3.8) is 0 Å². The molecule has 6 heteroatoms. The van der Waals surface area contributed by atoms with Gasteiger partial charge in [-0.3, -0.25) is 9.78 Å². The predicted molar refractivity (Wildman–Crippen MR) is 79.6 cm³/mol. The summed E-state index contributed by atoms with van der Waals surface area (Å²) < 4.78 is 0. The summed E-state index contributed by atoms with van der Waals surface area (Å²) in [5.74, 6) is 1.59. The first-order chi connectivity index (χ1) is 10.2. The van der Waals surface area contributed by atoms with Crippen LogP contribution in [0.15, 0.2) is 30.6 Å². The maximum atomic E-state index is 11.9. The third kappa shape index (κ3) is 2.69. The quantitative estimate of drug-likeness (QED) is 0.853. The molecule has 1 saturated heterocycles. The zero-order chi connectivity index (χ0) is 14.8. The lowest BCUT2D eigenvalue weighted by atomic mass is 10.2. The summed E-state index contributed by atoms with van der Waals surface area (Å²) in [4.78, 5) is 28.7. The Balaban J connectivity index is 1.94. The van der Waals surface area contributed by atoms with Gasteiger partial charge < -0.3 is 9.80 Å². The zero-order valence-electron chi connectivity index (χ0n) is 12.2. The van der Waals surface area contributed by atoms with E-state index in [0.29, 0.717) is 19.0 Å². The van der Waals surface area contributed by atoms with E-state index in [1.807, 2.05) is 41.8 Å². The van der Waals surface area contributed by atoms with E-state index in [1.54, 1.807) is 12.4 Å². The molecule has 3 heterocycles. The summed E-state index contributed by atoms with van der Waals surface area (Å²) in [5, 5.41) is 0. The number of pyridine rings is 1. The van der Waals surface area contributed by atoms with Crippen LogP contribution in [0.25, 0.3) is 11.4 Å². The summed E-state index contributed by atoms with van der Waals surface area (Å²) in [5.41, 5.74) is 1.81. The molecule has 0 atom stereocenters. The molecule has 1 amide bonds. The Bertz CT molecular complexity index is 658. The summed E-state index contributed by atoms with van der Waals surface area (Å²) in [6.45, 7) is 5.60. The van der Waals surface area contributed by atoms with Gasteiger partial charge in [0.1, 0.15) is 12.4 Å². The van der Waals surface area contributed by atoms with Gasteiger partial charge in [-0.25, -0.2) is 9.97 Å². The minimum Gasteiger partial charge on any atom is -0.329 e. The highest BCUT2D eigenvalue weighted by molar-refractivity contribution is 5.84. The van der Waals surface area contributed by atoms with Gasteiger partial charge in [0.2, 0.25) is 5.91 Å². The normalized spacial score (nSPS) is 14.9. The fraction of sp³-hybridized carbons (Fsp3) is 0.333. The zero-order valence-corrected chi connectivity index (χ0v) is 12.2. The molecule has 108 valence electrons. The van der Waals surface area contributed by atoms with Gasteiger partial charge in [0.05, 0.1) is 6.67 Å². The number of rotatable bonds is 3. The van der Waals surface area contributed by atoms with Crippen molar-refractivity contribution in [2.45, 2.75) is 13.8 Å². The van der Waals surface area contributed by atoms with Crippen LogP contribution in [-0.2, 0) is 4.79 Å². The fourth-order valence-corrected chi connectivity index (χ4v) is 2.37. The molecule has 6 nitrogen and oxygen atoms in total. The molecule has 0 N–H and O–H groups in total. The maximum Gasteiger partial charge on any atom is 0.243 e. The van der Waals surface area contributed by atoms with E-state index in [-0.39, 0.29) is 5.91 Å². The molecule has 0 bridgehead atoms. The van der Waals surface area contributed by atoms with Gasteiger partial charge in [-0.2, -0.15) is 0 Å². The van der Waals surface area contributed by atoms with Crippen LogP contribution in [0, 0.1) is 6.92 Å². The number of carbonyl (C=O) groups excluding carboxylic acids is 1. The second-order valence-electron chi connectivity index (χ2n) is 5.02. The van der Waals surface area contributed by atoms with Crippen LogP contribution >= 0.6 is 0 Å². The van der Waals surface area contributed by atoms with E-state index < -0.39 is 0 Å². The second kappa shape index (κ2) is 5.47. The molecule has 2 aromatic rings. The summed E-state index contributed by atoms with van der Waals surface area (Å²) in [6.07, 6.45) is 3.44. The van der Waals surface area contributed by atoms with Crippen molar-refractivity contribution in [2.75, 3.05) is 24.7 Å². The predicted octanol–water partition coefficient (Wildman–Crippen LogP) is 1.47. The number of hydrogen-bond acceptors (Lipinski definition) is 5. The SMILES string of the molecule is CCN1CN(c2cc(C)nc(-c3ccncc3)n2)CC1=O. The van der Waals surface area contributed by atoms with Crippen LogP contribution in [0.3, 0.4) is 0 Å². The van der Waals surface area contributed by atoms with Crippen molar-refractivity contribution >= 4 is 11.7 Å². The summed E-state index contributed by atoms with van der Waals surface area (Å²) in [6, 6.07) is 5.68. The minimum absolute atomic E-state index is 0.138. The highest BCUT2D eigenvalue weighted by Crippen LogP contribution is 2.21. The van der Waals surface area contributed by atoms with Gasteiger partial charge in [0, 0.05) is 36.3 Å². The number of nitrogens with zero attached hydrogens (tertiary/aromatic N) is 5.